The Hall–Kier alpha value is -0.610. The van der Waals surface area contributed by atoms with Crippen LogP contribution in [0.15, 0.2) is 24.3 Å². The highest BCUT2D eigenvalue weighted by Crippen LogP contribution is 2.26. The van der Waals surface area contributed by atoms with Crippen molar-refractivity contribution in [3.05, 3.63) is 34.9 Å². The van der Waals surface area contributed by atoms with E-state index in [0.29, 0.717) is 6.04 Å². The molecule has 0 amide bonds. The fraction of sp³-hybridized carbons (Fsp3) is 0.667. The SMILES string of the molecule is Clc1ccc(C(CN2CCNCC2)N2CCCCCC2)cc1. The molecule has 1 aromatic rings. The van der Waals surface area contributed by atoms with E-state index in [4.69, 9.17) is 11.6 Å². The van der Waals surface area contributed by atoms with Crippen LogP contribution in [0.25, 0.3) is 0 Å². The van der Waals surface area contributed by atoms with E-state index >= 15 is 0 Å². The number of hydrogen-bond acceptors (Lipinski definition) is 3. The first kappa shape index (κ1) is 16.3. The largest absolute Gasteiger partial charge is 0.314 e. The standard InChI is InChI=1S/C18H28ClN3/c19-17-7-5-16(6-8-17)18(15-21-13-9-20-10-14-21)22-11-3-1-2-4-12-22/h5-8,18,20H,1-4,9-15H2. The Morgan fingerprint density at radius 1 is 0.909 bits per heavy atom. The zero-order chi connectivity index (χ0) is 15.2. The molecule has 2 heterocycles. The summed E-state index contributed by atoms with van der Waals surface area (Å²) >= 11 is 6.09. The van der Waals surface area contributed by atoms with E-state index in [1.165, 1.54) is 44.3 Å². The van der Waals surface area contributed by atoms with Crippen molar-refractivity contribution >= 4 is 11.6 Å². The predicted molar refractivity (Wildman–Crippen MR) is 93.5 cm³/mol. The van der Waals surface area contributed by atoms with Crippen molar-refractivity contribution in [3.63, 3.8) is 0 Å². The Balaban J connectivity index is 1.75. The number of likely N-dealkylation sites (tertiary alicyclic amines) is 1. The molecule has 1 aromatic carbocycles. The maximum absolute atomic E-state index is 6.09. The van der Waals surface area contributed by atoms with Crippen molar-refractivity contribution in [1.82, 2.24) is 15.1 Å². The third kappa shape index (κ3) is 4.45. The lowest BCUT2D eigenvalue weighted by molar-refractivity contribution is 0.132. The normalized spacial score (nSPS) is 23.1. The number of piperazine rings is 1. The summed E-state index contributed by atoms with van der Waals surface area (Å²) in [5, 5.41) is 4.29. The van der Waals surface area contributed by atoms with E-state index in [2.05, 4.69) is 27.2 Å². The second kappa shape index (κ2) is 8.30. The number of halogens is 1. The van der Waals surface area contributed by atoms with Gasteiger partial charge in [-0.15, -0.1) is 0 Å². The lowest BCUT2D eigenvalue weighted by atomic mass is 10.0. The van der Waals surface area contributed by atoms with E-state index in [0.717, 1.165) is 37.7 Å². The minimum absolute atomic E-state index is 0.508. The van der Waals surface area contributed by atoms with Crippen LogP contribution in [0, 0.1) is 0 Å². The predicted octanol–water partition coefficient (Wildman–Crippen LogP) is 3.16. The first-order valence-corrected chi connectivity index (χ1v) is 9.13. The second-order valence-electron chi connectivity index (χ2n) is 6.57. The summed E-state index contributed by atoms with van der Waals surface area (Å²) in [6.07, 6.45) is 5.45. The molecule has 122 valence electrons. The van der Waals surface area contributed by atoms with Crippen molar-refractivity contribution in [2.75, 3.05) is 45.8 Å². The van der Waals surface area contributed by atoms with Gasteiger partial charge in [-0.2, -0.15) is 0 Å². The Labute approximate surface area is 139 Å². The van der Waals surface area contributed by atoms with E-state index in [1.54, 1.807) is 0 Å². The monoisotopic (exact) mass is 321 g/mol. The molecule has 0 saturated carbocycles. The van der Waals surface area contributed by atoms with E-state index in [1.807, 2.05) is 12.1 Å². The zero-order valence-corrected chi connectivity index (χ0v) is 14.2. The fourth-order valence-corrected chi connectivity index (χ4v) is 3.79. The highest BCUT2D eigenvalue weighted by molar-refractivity contribution is 6.30. The van der Waals surface area contributed by atoms with Gasteiger partial charge in [0.05, 0.1) is 0 Å². The molecular weight excluding hydrogens is 294 g/mol. The van der Waals surface area contributed by atoms with Gasteiger partial charge in [-0.1, -0.05) is 36.6 Å². The minimum atomic E-state index is 0.508. The number of benzene rings is 1. The van der Waals surface area contributed by atoms with Crippen LogP contribution >= 0.6 is 11.6 Å². The molecule has 4 heteroatoms. The molecule has 2 saturated heterocycles. The van der Waals surface area contributed by atoms with Gasteiger partial charge in [0.15, 0.2) is 0 Å². The molecule has 1 unspecified atom stereocenters. The molecule has 2 fully saturated rings. The lowest BCUT2D eigenvalue weighted by Crippen LogP contribution is -2.47. The Morgan fingerprint density at radius 2 is 1.55 bits per heavy atom. The molecule has 3 nitrogen and oxygen atoms in total. The maximum Gasteiger partial charge on any atom is 0.0475 e. The highest BCUT2D eigenvalue weighted by Gasteiger charge is 2.24. The summed E-state index contributed by atoms with van der Waals surface area (Å²) in [5.74, 6) is 0. The van der Waals surface area contributed by atoms with Crippen molar-refractivity contribution in [2.45, 2.75) is 31.7 Å². The van der Waals surface area contributed by atoms with Crippen LogP contribution < -0.4 is 5.32 Å². The molecular formula is C18H28ClN3. The van der Waals surface area contributed by atoms with Gasteiger partial charge in [0.2, 0.25) is 0 Å². The summed E-state index contributed by atoms with van der Waals surface area (Å²) in [7, 11) is 0. The maximum atomic E-state index is 6.09. The van der Waals surface area contributed by atoms with E-state index in [-0.39, 0.29) is 0 Å². The van der Waals surface area contributed by atoms with Crippen LogP contribution in [-0.4, -0.2) is 55.6 Å². The van der Waals surface area contributed by atoms with Gasteiger partial charge in [-0.3, -0.25) is 9.80 Å². The van der Waals surface area contributed by atoms with Gasteiger partial charge >= 0.3 is 0 Å². The quantitative estimate of drug-likeness (QED) is 0.919. The smallest absolute Gasteiger partial charge is 0.0475 e. The van der Waals surface area contributed by atoms with E-state index in [9.17, 15) is 0 Å². The van der Waals surface area contributed by atoms with Crippen LogP contribution in [0.5, 0.6) is 0 Å². The van der Waals surface area contributed by atoms with Crippen LogP contribution in [0.4, 0.5) is 0 Å². The number of rotatable bonds is 4. The second-order valence-corrected chi connectivity index (χ2v) is 7.00. The first-order chi connectivity index (χ1) is 10.8. The Kier molecular flexibility index (Phi) is 6.13. The fourth-order valence-electron chi connectivity index (χ4n) is 3.66. The number of nitrogens with one attached hydrogen (secondary N) is 1. The molecule has 1 N–H and O–H groups in total. The molecule has 0 spiro atoms. The van der Waals surface area contributed by atoms with Crippen molar-refractivity contribution < 1.29 is 0 Å². The first-order valence-electron chi connectivity index (χ1n) is 8.75. The minimum Gasteiger partial charge on any atom is -0.314 e. The van der Waals surface area contributed by atoms with Gasteiger partial charge in [-0.05, 0) is 43.6 Å². The van der Waals surface area contributed by atoms with Crippen LogP contribution in [-0.2, 0) is 0 Å². The molecule has 2 aliphatic rings. The summed E-state index contributed by atoms with van der Waals surface area (Å²) < 4.78 is 0. The summed E-state index contributed by atoms with van der Waals surface area (Å²) in [6, 6.07) is 9.03. The molecule has 0 radical (unpaired) electrons. The summed E-state index contributed by atoms with van der Waals surface area (Å²) in [5.41, 5.74) is 1.42. The molecule has 0 aliphatic carbocycles. The van der Waals surface area contributed by atoms with Gasteiger partial charge in [0, 0.05) is 43.8 Å². The van der Waals surface area contributed by atoms with Gasteiger partial charge in [-0.25, -0.2) is 0 Å². The van der Waals surface area contributed by atoms with Gasteiger partial charge in [0.25, 0.3) is 0 Å². The Morgan fingerprint density at radius 3 is 2.18 bits per heavy atom. The van der Waals surface area contributed by atoms with Crippen molar-refractivity contribution in [3.8, 4) is 0 Å². The molecule has 22 heavy (non-hydrogen) atoms. The number of hydrogen-bond donors (Lipinski definition) is 1. The summed E-state index contributed by atoms with van der Waals surface area (Å²) in [6.45, 7) is 8.18. The van der Waals surface area contributed by atoms with Crippen LogP contribution in [0.3, 0.4) is 0 Å². The highest BCUT2D eigenvalue weighted by atomic mass is 35.5. The lowest BCUT2D eigenvalue weighted by Gasteiger charge is -2.37. The van der Waals surface area contributed by atoms with Crippen LogP contribution in [0.1, 0.15) is 37.3 Å². The molecule has 0 aromatic heterocycles. The average molecular weight is 322 g/mol. The average Bonchev–Trinajstić information content (AvgIpc) is 2.84. The Bertz CT molecular complexity index is 434. The third-order valence-electron chi connectivity index (χ3n) is 4.98. The zero-order valence-electron chi connectivity index (χ0n) is 13.4. The van der Waals surface area contributed by atoms with E-state index < -0.39 is 0 Å². The topological polar surface area (TPSA) is 18.5 Å². The molecule has 1 atom stereocenters. The number of nitrogens with zero attached hydrogens (tertiary/aromatic N) is 2. The van der Waals surface area contributed by atoms with Crippen molar-refractivity contribution in [2.24, 2.45) is 0 Å². The van der Waals surface area contributed by atoms with Crippen LogP contribution in [0.2, 0.25) is 5.02 Å². The van der Waals surface area contributed by atoms with Gasteiger partial charge in [0.1, 0.15) is 0 Å². The molecule has 2 aliphatic heterocycles. The molecule has 0 bridgehead atoms. The van der Waals surface area contributed by atoms with Crippen molar-refractivity contribution in [1.29, 1.82) is 0 Å². The summed E-state index contributed by atoms with van der Waals surface area (Å²) in [4.78, 5) is 5.32. The third-order valence-corrected chi connectivity index (χ3v) is 5.23. The molecule has 3 rings (SSSR count). The van der Waals surface area contributed by atoms with Gasteiger partial charge < -0.3 is 5.32 Å².